The second-order valence-corrected chi connectivity index (χ2v) is 9.94. The van der Waals surface area contributed by atoms with Crippen LogP contribution in [0.1, 0.15) is 72.6 Å². The Hall–Kier alpha value is -3.02. The number of carbonyl (C=O) groups excluding carboxylic acids is 2. The summed E-state index contributed by atoms with van der Waals surface area (Å²) in [5, 5.41) is 0. The molecule has 1 aliphatic carbocycles. The molecule has 0 radical (unpaired) electrons. The van der Waals surface area contributed by atoms with Crippen molar-refractivity contribution < 1.29 is 19.1 Å². The van der Waals surface area contributed by atoms with Crippen LogP contribution in [0, 0.1) is 0 Å². The second kappa shape index (κ2) is 7.51. The number of rotatable bonds is 1. The third kappa shape index (κ3) is 3.14. The summed E-state index contributed by atoms with van der Waals surface area (Å²) in [5.41, 5.74) is 5.23. The molecule has 0 N–H and O–H groups in total. The second-order valence-electron chi connectivity index (χ2n) is 9.94. The van der Waals surface area contributed by atoms with Crippen LogP contribution in [0.25, 0.3) is 0 Å². The zero-order valence-corrected chi connectivity index (χ0v) is 19.4. The zero-order valence-electron chi connectivity index (χ0n) is 19.4. The topological polar surface area (TPSA) is 59.1 Å². The molecular weight excluding hydrogens is 416 g/mol. The van der Waals surface area contributed by atoms with Crippen molar-refractivity contribution in [1.29, 1.82) is 0 Å². The van der Waals surface area contributed by atoms with Crippen LogP contribution in [0.5, 0.6) is 11.5 Å². The van der Waals surface area contributed by atoms with Crippen LogP contribution in [0.2, 0.25) is 0 Å². The van der Waals surface area contributed by atoms with E-state index < -0.39 is 0 Å². The van der Waals surface area contributed by atoms with Crippen molar-refractivity contribution >= 4 is 17.5 Å². The monoisotopic (exact) mass is 446 g/mol. The Bertz CT molecular complexity index is 1150. The van der Waals surface area contributed by atoms with E-state index in [0.29, 0.717) is 25.3 Å². The summed E-state index contributed by atoms with van der Waals surface area (Å²) >= 11 is 0. The predicted octanol–water partition coefficient (Wildman–Crippen LogP) is 4.40. The van der Waals surface area contributed by atoms with Crippen LogP contribution >= 0.6 is 0 Å². The molecule has 1 spiro atoms. The SMILES string of the molecule is CC(=O)N1CCc2cc(C(=O)N3CC4(CCCC4)c4cc5c(cc4C3C)OCCO5)ccc21. The number of benzene rings is 2. The van der Waals surface area contributed by atoms with Crippen LogP contribution in [-0.4, -0.2) is 43.0 Å². The minimum absolute atomic E-state index is 0.0184. The van der Waals surface area contributed by atoms with Crippen molar-refractivity contribution in [1.82, 2.24) is 4.90 Å². The smallest absolute Gasteiger partial charge is 0.254 e. The molecule has 4 aliphatic rings. The first-order valence-electron chi connectivity index (χ1n) is 12.1. The molecule has 0 saturated heterocycles. The van der Waals surface area contributed by atoms with Gasteiger partial charge in [-0.1, -0.05) is 12.8 Å². The van der Waals surface area contributed by atoms with Gasteiger partial charge in [-0.15, -0.1) is 0 Å². The normalized spacial score (nSPS) is 22.3. The van der Waals surface area contributed by atoms with E-state index in [1.807, 2.05) is 18.2 Å². The number of carbonyl (C=O) groups is 2. The first-order chi connectivity index (χ1) is 16.0. The number of ether oxygens (including phenoxy) is 2. The summed E-state index contributed by atoms with van der Waals surface area (Å²) in [7, 11) is 0. The molecule has 1 unspecified atom stereocenters. The first kappa shape index (κ1) is 20.6. The molecule has 1 saturated carbocycles. The predicted molar refractivity (Wildman–Crippen MR) is 125 cm³/mol. The number of anilines is 1. The van der Waals surface area contributed by atoms with Gasteiger partial charge in [0, 0.05) is 36.7 Å². The van der Waals surface area contributed by atoms with Crippen LogP contribution < -0.4 is 14.4 Å². The van der Waals surface area contributed by atoms with Gasteiger partial charge in [0.25, 0.3) is 5.91 Å². The maximum absolute atomic E-state index is 13.9. The van der Waals surface area contributed by atoms with Gasteiger partial charge in [-0.05, 0) is 73.2 Å². The molecule has 172 valence electrons. The van der Waals surface area contributed by atoms with Crippen molar-refractivity contribution in [2.24, 2.45) is 0 Å². The minimum atomic E-state index is -0.0449. The van der Waals surface area contributed by atoms with Crippen LogP contribution in [0.4, 0.5) is 5.69 Å². The minimum Gasteiger partial charge on any atom is -0.486 e. The van der Waals surface area contributed by atoms with E-state index in [0.717, 1.165) is 48.6 Å². The molecule has 0 bridgehead atoms. The lowest BCUT2D eigenvalue weighted by Crippen LogP contribution is -2.48. The average Bonchev–Trinajstić information content (AvgIpc) is 3.47. The third-order valence-corrected chi connectivity index (χ3v) is 8.10. The van der Waals surface area contributed by atoms with Gasteiger partial charge in [0.1, 0.15) is 13.2 Å². The highest BCUT2D eigenvalue weighted by atomic mass is 16.6. The molecular formula is C27H30N2O4. The number of amides is 2. The molecule has 1 atom stereocenters. The molecule has 3 aliphatic heterocycles. The Kier molecular flexibility index (Phi) is 4.68. The molecule has 6 nitrogen and oxygen atoms in total. The summed E-state index contributed by atoms with van der Waals surface area (Å²) in [4.78, 5) is 29.6. The summed E-state index contributed by atoms with van der Waals surface area (Å²) < 4.78 is 11.8. The largest absolute Gasteiger partial charge is 0.486 e. The lowest BCUT2D eigenvalue weighted by Gasteiger charge is -2.46. The van der Waals surface area contributed by atoms with Crippen LogP contribution in [0.15, 0.2) is 30.3 Å². The van der Waals surface area contributed by atoms with Gasteiger partial charge < -0.3 is 19.3 Å². The quantitative estimate of drug-likeness (QED) is 0.652. The fourth-order valence-electron chi connectivity index (χ4n) is 6.38. The lowest BCUT2D eigenvalue weighted by atomic mass is 9.71. The van der Waals surface area contributed by atoms with Gasteiger partial charge in [0.2, 0.25) is 5.91 Å². The van der Waals surface area contributed by atoms with Gasteiger partial charge in [-0.2, -0.15) is 0 Å². The van der Waals surface area contributed by atoms with E-state index in [1.54, 1.807) is 11.8 Å². The van der Waals surface area contributed by atoms with E-state index in [1.165, 1.54) is 24.0 Å². The number of hydrogen-bond donors (Lipinski definition) is 0. The molecule has 6 rings (SSSR count). The highest BCUT2D eigenvalue weighted by Crippen LogP contribution is 2.52. The summed E-state index contributed by atoms with van der Waals surface area (Å²) in [6, 6.07) is 10.1. The highest BCUT2D eigenvalue weighted by Gasteiger charge is 2.46. The molecule has 1 fully saturated rings. The van der Waals surface area contributed by atoms with Crippen LogP contribution in [-0.2, 0) is 16.6 Å². The van der Waals surface area contributed by atoms with Crippen molar-refractivity contribution in [2.75, 3.05) is 31.2 Å². The van der Waals surface area contributed by atoms with E-state index in [2.05, 4.69) is 24.0 Å². The van der Waals surface area contributed by atoms with Gasteiger partial charge in [0.15, 0.2) is 11.5 Å². The Morgan fingerprint density at radius 2 is 1.76 bits per heavy atom. The van der Waals surface area contributed by atoms with Crippen molar-refractivity contribution in [3.63, 3.8) is 0 Å². The molecule has 2 aromatic rings. The molecule has 6 heteroatoms. The Labute approximate surface area is 194 Å². The number of nitrogens with zero attached hydrogens (tertiary/aromatic N) is 2. The summed E-state index contributed by atoms with van der Waals surface area (Å²) in [5.74, 6) is 1.74. The molecule has 2 amide bonds. The third-order valence-electron chi connectivity index (χ3n) is 8.10. The molecule has 33 heavy (non-hydrogen) atoms. The Morgan fingerprint density at radius 1 is 1.03 bits per heavy atom. The van der Waals surface area contributed by atoms with Crippen molar-refractivity contribution in [3.05, 3.63) is 52.6 Å². The Morgan fingerprint density at radius 3 is 2.48 bits per heavy atom. The average molecular weight is 447 g/mol. The van der Waals surface area contributed by atoms with Gasteiger partial charge in [0.05, 0.1) is 6.04 Å². The van der Waals surface area contributed by atoms with Crippen LogP contribution in [0.3, 0.4) is 0 Å². The molecule has 2 aromatic carbocycles. The van der Waals surface area contributed by atoms with E-state index >= 15 is 0 Å². The first-order valence-corrected chi connectivity index (χ1v) is 12.1. The molecule has 0 aromatic heterocycles. The fourth-order valence-corrected chi connectivity index (χ4v) is 6.38. The van der Waals surface area contributed by atoms with E-state index in [4.69, 9.17) is 9.47 Å². The summed E-state index contributed by atoms with van der Waals surface area (Å²) in [6.45, 7) is 6.27. The maximum Gasteiger partial charge on any atom is 0.254 e. The van der Waals surface area contributed by atoms with Crippen molar-refractivity contribution in [3.8, 4) is 11.5 Å². The van der Waals surface area contributed by atoms with Crippen molar-refractivity contribution in [2.45, 2.75) is 57.4 Å². The van der Waals surface area contributed by atoms with E-state index in [-0.39, 0.29) is 23.3 Å². The molecule has 3 heterocycles. The summed E-state index contributed by atoms with van der Waals surface area (Å²) in [6.07, 6.45) is 5.34. The number of hydrogen-bond acceptors (Lipinski definition) is 4. The zero-order chi connectivity index (χ0) is 22.7. The van der Waals surface area contributed by atoms with Gasteiger partial charge in [-0.3, -0.25) is 9.59 Å². The number of fused-ring (bicyclic) bond motifs is 4. The van der Waals surface area contributed by atoms with Gasteiger partial charge in [-0.25, -0.2) is 0 Å². The Balaban J connectivity index is 1.38. The van der Waals surface area contributed by atoms with E-state index in [9.17, 15) is 9.59 Å². The highest BCUT2D eigenvalue weighted by molar-refractivity contribution is 5.98. The van der Waals surface area contributed by atoms with Gasteiger partial charge >= 0.3 is 0 Å². The standard InChI is InChI=1S/C27H30N2O4/c1-17-21-14-24-25(33-12-11-32-24)15-22(21)27(8-3-4-9-27)16-29(17)26(31)20-5-6-23-19(13-20)7-10-28(23)18(2)30/h5-6,13-15,17H,3-4,7-12,16H2,1-2H3. The lowest BCUT2D eigenvalue weighted by molar-refractivity contribution is -0.116. The maximum atomic E-state index is 13.9. The fraction of sp³-hybridized carbons (Fsp3) is 0.481.